The molecule has 204 valence electrons. The third-order valence-electron chi connectivity index (χ3n) is 5.92. The number of carbonyl (C=O) groups is 4. The number of carbonyl (C=O) groups excluding carboxylic acids is 4. The summed E-state index contributed by atoms with van der Waals surface area (Å²) in [5.41, 5.74) is 0.606. The zero-order valence-corrected chi connectivity index (χ0v) is 22.7. The first-order valence-corrected chi connectivity index (χ1v) is 13.1. The van der Waals surface area contributed by atoms with E-state index in [-0.39, 0.29) is 41.4 Å². The van der Waals surface area contributed by atoms with Gasteiger partial charge in [-0.1, -0.05) is 17.3 Å². The number of nitrogens with one attached hydrogen (secondary N) is 3. The summed E-state index contributed by atoms with van der Waals surface area (Å²) in [5.74, 6) is -2.33. The van der Waals surface area contributed by atoms with Gasteiger partial charge in [0.05, 0.1) is 6.61 Å². The number of rotatable bonds is 11. The van der Waals surface area contributed by atoms with Gasteiger partial charge in [-0.3, -0.25) is 14.4 Å². The summed E-state index contributed by atoms with van der Waals surface area (Å²) in [6.07, 6.45) is 3.18. The fourth-order valence-corrected chi connectivity index (χ4v) is 4.47. The summed E-state index contributed by atoms with van der Waals surface area (Å²) < 4.78 is 23.5. The van der Waals surface area contributed by atoms with Crippen molar-refractivity contribution in [2.75, 3.05) is 13.2 Å². The summed E-state index contributed by atoms with van der Waals surface area (Å²) in [4.78, 5) is 50.9. The molecule has 0 spiro atoms. The van der Waals surface area contributed by atoms with Crippen LogP contribution in [0.1, 0.15) is 48.0 Å². The molecule has 38 heavy (non-hydrogen) atoms. The van der Waals surface area contributed by atoms with Gasteiger partial charge in [-0.15, -0.1) is 0 Å². The second-order valence-electron chi connectivity index (χ2n) is 8.90. The Kier molecular flexibility index (Phi) is 10.6. The van der Waals surface area contributed by atoms with Crippen molar-refractivity contribution >= 4 is 39.6 Å². The van der Waals surface area contributed by atoms with Crippen LogP contribution in [0.5, 0.6) is 0 Å². The van der Waals surface area contributed by atoms with Gasteiger partial charge >= 0.3 is 5.97 Å². The van der Waals surface area contributed by atoms with Crippen molar-refractivity contribution in [2.24, 2.45) is 5.92 Å². The lowest BCUT2D eigenvalue weighted by Gasteiger charge is -2.27. The van der Waals surface area contributed by atoms with Crippen LogP contribution in [0.25, 0.3) is 0 Å². The fraction of sp³-hybridized carbons (Fsp3) is 0.423. The third kappa shape index (κ3) is 8.51. The average molecular weight is 593 g/mol. The quantitative estimate of drug-likeness (QED) is 0.269. The maximum atomic E-state index is 13.5. The Hall–Kier alpha value is -3.54. The second kappa shape index (κ2) is 13.8. The van der Waals surface area contributed by atoms with Gasteiger partial charge in [0.2, 0.25) is 11.8 Å². The number of piperidine rings is 1. The number of ether oxygens (including phenoxy) is 1. The molecule has 3 atom stereocenters. The van der Waals surface area contributed by atoms with Crippen molar-refractivity contribution in [1.82, 2.24) is 21.1 Å². The van der Waals surface area contributed by atoms with E-state index in [1.807, 2.05) is 0 Å². The normalized spacial score (nSPS) is 17.2. The molecule has 1 saturated heterocycles. The third-order valence-corrected chi connectivity index (χ3v) is 6.51. The molecule has 0 radical (unpaired) electrons. The number of esters is 1. The van der Waals surface area contributed by atoms with Crippen LogP contribution in [0.15, 0.2) is 45.4 Å². The van der Waals surface area contributed by atoms with Crippen molar-refractivity contribution in [3.05, 3.63) is 63.7 Å². The van der Waals surface area contributed by atoms with Gasteiger partial charge < -0.3 is 25.2 Å². The van der Waals surface area contributed by atoms with E-state index < -0.39 is 35.7 Å². The molecule has 3 rings (SSSR count). The van der Waals surface area contributed by atoms with E-state index in [2.05, 4.69) is 37.0 Å². The molecule has 0 aliphatic carbocycles. The Labute approximate surface area is 227 Å². The van der Waals surface area contributed by atoms with Crippen LogP contribution in [0, 0.1) is 18.7 Å². The predicted molar refractivity (Wildman–Crippen MR) is 139 cm³/mol. The monoisotopic (exact) mass is 592 g/mol. The van der Waals surface area contributed by atoms with E-state index in [9.17, 15) is 23.6 Å². The van der Waals surface area contributed by atoms with Crippen LogP contribution in [-0.2, 0) is 25.5 Å². The highest BCUT2D eigenvalue weighted by atomic mass is 79.9. The van der Waals surface area contributed by atoms with Crippen LogP contribution in [-0.4, -0.2) is 54.1 Å². The number of amides is 3. The summed E-state index contributed by atoms with van der Waals surface area (Å²) >= 11 is 3.20. The maximum Gasteiger partial charge on any atom is 0.344 e. The zero-order chi connectivity index (χ0) is 27.7. The van der Waals surface area contributed by atoms with Crippen LogP contribution in [0.2, 0.25) is 0 Å². The van der Waals surface area contributed by atoms with Gasteiger partial charge in [0, 0.05) is 31.0 Å². The lowest BCUT2D eigenvalue weighted by atomic mass is 9.91. The molecule has 12 heteroatoms. The second-order valence-corrected chi connectivity index (χ2v) is 9.75. The first-order chi connectivity index (χ1) is 18.2. The minimum Gasteiger partial charge on any atom is -0.462 e. The molecule has 3 amide bonds. The maximum absolute atomic E-state index is 13.5. The summed E-state index contributed by atoms with van der Waals surface area (Å²) in [7, 11) is 0. The van der Waals surface area contributed by atoms with Gasteiger partial charge in [0.1, 0.15) is 22.1 Å². The first-order valence-electron chi connectivity index (χ1n) is 12.3. The van der Waals surface area contributed by atoms with Crippen LogP contribution in [0.4, 0.5) is 4.39 Å². The van der Waals surface area contributed by atoms with Crippen LogP contribution in [0.3, 0.4) is 0 Å². The SMILES string of the molecule is CCOC(=O)C(Br)=CC(CC1CCCNC1=O)NC(=O)C(Cc1ccc(F)cc1)NC(=O)c1cc(C)on1. The molecule has 3 N–H and O–H groups in total. The number of halogens is 2. The van der Waals surface area contributed by atoms with E-state index >= 15 is 0 Å². The van der Waals surface area contributed by atoms with E-state index in [1.165, 1.54) is 36.4 Å². The predicted octanol–water partition coefficient (Wildman–Crippen LogP) is 2.71. The number of hydrogen-bond donors (Lipinski definition) is 3. The summed E-state index contributed by atoms with van der Waals surface area (Å²) in [5, 5.41) is 12.0. The molecular formula is C26H30BrFN4O6. The van der Waals surface area contributed by atoms with Crippen molar-refractivity contribution in [1.29, 1.82) is 0 Å². The molecule has 1 fully saturated rings. The average Bonchev–Trinajstić information content (AvgIpc) is 3.32. The number of hydrogen-bond acceptors (Lipinski definition) is 7. The summed E-state index contributed by atoms with van der Waals surface area (Å²) in [6.45, 7) is 4.05. The van der Waals surface area contributed by atoms with Crippen LogP contribution >= 0.6 is 15.9 Å². The number of aromatic nitrogens is 1. The van der Waals surface area contributed by atoms with Crippen molar-refractivity contribution < 1.29 is 32.8 Å². The minimum absolute atomic E-state index is 0.000200. The molecule has 2 heterocycles. The van der Waals surface area contributed by atoms with Crippen molar-refractivity contribution in [2.45, 2.75) is 51.6 Å². The Bertz CT molecular complexity index is 1180. The molecule has 1 aromatic heterocycles. The molecule has 1 aliphatic heterocycles. The molecule has 3 unspecified atom stereocenters. The van der Waals surface area contributed by atoms with E-state index in [4.69, 9.17) is 9.26 Å². The van der Waals surface area contributed by atoms with Gasteiger partial charge in [0.15, 0.2) is 5.69 Å². The highest BCUT2D eigenvalue weighted by Gasteiger charge is 2.29. The highest BCUT2D eigenvalue weighted by Crippen LogP contribution is 2.20. The van der Waals surface area contributed by atoms with Gasteiger partial charge in [-0.25, -0.2) is 9.18 Å². The number of nitrogens with zero attached hydrogens (tertiary/aromatic N) is 1. The fourth-order valence-electron chi connectivity index (χ4n) is 4.03. The highest BCUT2D eigenvalue weighted by molar-refractivity contribution is 9.12. The Balaban J connectivity index is 1.84. The standard InChI is InChI=1S/C26H30BrFN4O6/c1-3-37-26(36)20(27)14-19(13-17-5-4-10-29-23(17)33)30-24(34)21(12-16-6-8-18(28)9-7-16)31-25(35)22-11-15(2)38-32-22/h6-9,11,14,17,19,21H,3-5,10,12-13H2,1-2H3,(H,29,33)(H,30,34)(H,31,35). The topological polar surface area (TPSA) is 140 Å². The van der Waals surface area contributed by atoms with E-state index in [0.29, 0.717) is 24.3 Å². The molecule has 10 nitrogen and oxygen atoms in total. The summed E-state index contributed by atoms with van der Waals surface area (Å²) in [6, 6.07) is 5.17. The smallest absolute Gasteiger partial charge is 0.344 e. The van der Waals surface area contributed by atoms with Gasteiger partial charge in [-0.05, 0) is 72.8 Å². The zero-order valence-electron chi connectivity index (χ0n) is 21.1. The van der Waals surface area contributed by atoms with E-state index in [0.717, 1.165) is 6.42 Å². The Morgan fingerprint density at radius 3 is 2.66 bits per heavy atom. The largest absolute Gasteiger partial charge is 0.462 e. The Morgan fingerprint density at radius 1 is 1.29 bits per heavy atom. The Morgan fingerprint density at radius 2 is 2.03 bits per heavy atom. The van der Waals surface area contributed by atoms with Crippen molar-refractivity contribution in [3.63, 3.8) is 0 Å². The minimum atomic E-state index is -1.08. The lowest BCUT2D eigenvalue weighted by molar-refractivity contribution is -0.137. The lowest BCUT2D eigenvalue weighted by Crippen LogP contribution is -2.51. The molecular weight excluding hydrogens is 563 g/mol. The molecule has 2 aromatic rings. The molecule has 0 bridgehead atoms. The van der Waals surface area contributed by atoms with Crippen LogP contribution < -0.4 is 16.0 Å². The van der Waals surface area contributed by atoms with E-state index in [1.54, 1.807) is 13.8 Å². The molecule has 0 saturated carbocycles. The van der Waals surface area contributed by atoms with Crippen molar-refractivity contribution in [3.8, 4) is 0 Å². The van der Waals surface area contributed by atoms with Gasteiger partial charge in [-0.2, -0.15) is 0 Å². The van der Waals surface area contributed by atoms with Gasteiger partial charge in [0.25, 0.3) is 5.91 Å². The number of aryl methyl sites for hydroxylation is 1. The number of benzene rings is 1. The molecule has 1 aromatic carbocycles. The molecule has 1 aliphatic rings. The first kappa shape index (κ1) is 29.0.